The molecule has 1 heterocycles. The number of ketones is 1. The Morgan fingerprint density at radius 1 is 1.17 bits per heavy atom. The molecular formula is C14H14ClNOS. The molecular weight excluding hydrogens is 266 g/mol. The van der Waals surface area contributed by atoms with E-state index >= 15 is 0 Å². The Balaban J connectivity index is 2.36. The van der Waals surface area contributed by atoms with Crippen LogP contribution in [0.4, 0.5) is 5.69 Å². The van der Waals surface area contributed by atoms with E-state index in [0.29, 0.717) is 14.9 Å². The van der Waals surface area contributed by atoms with Crippen molar-refractivity contribution in [1.82, 2.24) is 0 Å². The number of carbonyl (C=O) groups excluding carboxylic acids is 1. The highest BCUT2D eigenvalue weighted by Crippen LogP contribution is 2.32. The van der Waals surface area contributed by atoms with Crippen LogP contribution in [0.25, 0.3) is 0 Å². The highest BCUT2D eigenvalue weighted by atomic mass is 35.5. The van der Waals surface area contributed by atoms with Gasteiger partial charge in [-0.25, -0.2) is 0 Å². The summed E-state index contributed by atoms with van der Waals surface area (Å²) in [7, 11) is 0. The van der Waals surface area contributed by atoms with E-state index in [4.69, 9.17) is 17.3 Å². The third-order valence-electron chi connectivity index (χ3n) is 3.00. The molecule has 18 heavy (non-hydrogen) atoms. The van der Waals surface area contributed by atoms with Crippen molar-refractivity contribution in [1.29, 1.82) is 0 Å². The van der Waals surface area contributed by atoms with Crippen LogP contribution >= 0.6 is 22.9 Å². The number of Topliss-reactive ketones (excluding diaryl/α,β-unsaturated/α-hetero) is 1. The average Bonchev–Trinajstić information content (AvgIpc) is 2.75. The summed E-state index contributed by atoms with van der Waals surface area (Å²) in [5.41, 5.74) is 6.72. The van der Waals surface area contributed by atoms with Crippen LogP contribution in [-0.4, -0.2) is 5.78 Å². The second-order valence-electron chi connectivity index (χ2n) is 4.68. The summed E-state index contributed by atoms with van der Waals surface area (Å²) in [6.07, 6.45) is 0. The molecule has 0 fully saturated rings. The minimum absolute atomic E-state index is 0.0733. The van der Waals surface area contributed by atoms with Gasteiger partial charge in [-0.3, -0.25) is 4.79 Å². The quantitative estimate of drug-likeness (QED) is 0.678. The van der Waals surface area contributed by atoms with E-state index in [1.54, 1.807) is 12.1 Å². The minimum atomic E-state index is -0.581. The largest absolute Gasteiger partial charge is 0.399 e. The van der Waals surface area contributed by atoms with Crippen LogP contribution in [0.15, 0.2) is 36.4 Å². The van der Waals surface area contributed by atoms with Crippen LogP contribution in [0.3, 0.4) is 0 Å². The van der Waals surface area contributed by atoms with Gasteiger partial charge in [0, 0.05) is 5.69 Å². The van der Waals surface area contributed by atoms with Gasteiger partial charge < -0.3 is 5.73 Å². The molecule has 2 aromatic rings. The molecule has 0 saturated heterocycles. The fourth-order valence-corrected chi connectivity index (χ4v) is 2.92. The van der Waals surface area contributed by atoms with Crippen molar-refractivity contribution in [2.24, 2.45) is 0 Å². The molecule has 0 aliphatic heterocycles. The van der Waals surface area contributed by atoms with Crippen LogP contribution < -0.4 is 5.73 Å². The zero-order chi connectivity index (χ0) is 13.3. The highest BCUT2D eigenvalue weighted by Gasteiger charge is 2.31. The molecule has 0 saturated carbocycles. The Morgan fingerprint density at radius 3 is 2.28 bits per heavy atom. The standard InChI is InChI=1S/C14H14ClNOS/c1-14(2,9-3-5-10(16)6-4-9)13(17)11-7-8-12(15)18-11/h3-8H,16H2,1-2H3. The first-order valence-corrected chi connectivity index (χ1v) is 6.77. The maximum absolute atomic E-state index is 12.5. The average molecular weight is 280 g/mol. The number of anilines is 1. The number of carbonyl (C=O) groups is 1. The lowest BCUT2D eigenvalue weighted by Crippen LogP contribution is -2.28. The van der Waals surface area contributed by atoms with Crippen LogP contribution in [0.2, 0.25) is 4.34 Å². The molecule has 2 nitrogen and oxygen atoms in total. The van der Waals surface area contributed by atoms with Gasteiger partial charge in [0.05, 0.1) is 14.6 Å². The first-order valence-electron chi connectivity index (χ1n) is 5.57. The van der Waals surface area contributed by atoms with Crippen molar-refractivity contribution in [2.75, 3.05) is 5.73 Å². The molecule has 0 aliphatic rings. The molecule has 0 atom stereocenters. The Hall–Kier alpha value is -1.32. The van der Waals surface area contributed by atoms with Crippen molar-refractivity contribution in [2.45, 2.75) is 19.3 Å². The smallest absolute Gasteiger partial charge is 0.182 e. The van der Waals surface area contributed by atoms with Gasteiger partial charge in [-0.2, -0.15) is 0 Å². The van der Waals surface area contributed by atoms with Gasteiger partial charge >= 0.3 is 0 Å². The van der Waals surface area contributed by atoms with E-state index in [0.717, 1.165) is 5.56 Å². The van der Waals surface area contributed by atoms with Crippen molar-refractivity contribution >= 4 is 34.4 Å². The molecule has 2 rings (SSSR count). The van der Waals surface area contributed by atoms with Crippen molar-refractivity contribution in [3.8, 4) is 0 Å². The number of benzene rings is 1. The molecule has 0 unspecified atom stereocenters. The number of nitrogens with two attached hydrogens (primary N) is 1. The van der Waals surface area contributed by atoms with E-state index in [2.05, 4.69) is 0 Å². The molecule has 1 aromatic carbocycles. The summed E-state index contributed by atoms with van der Waals surface area (Å²) in [6, 6.07) is 10.9. The predicted molar refractivity (Wildman–Crippen MR) is 77.5 cm³/mol. The summed E-state index contributed by atoms with van der Waals surface area (Å²) < 4.78 is 0.631. The van der Waals surface area contributed by atoms with E-state index in [1.165, 1.54) is 11.3 Å². The minimum Gasteiger partial charge on any atom is -0.399 e. The first kappa shape index (κ1) is 13.1. The number of rotatable bonds is 3. The molecule has 0 aliphatic carbocycles. The van der Waals surface area contributed by atoms with Crippen LogP contribution in [0.1, 0.15) is 29.1 Å². The molecule has 4 heteroatoms. The van der Waals surface area contributed by atoms with Gasteiger partial charge in [-0.1, -0.05) is 23.7 Å². The lowest BCUT2D eigenvalue weighted by Gasteiger charge is -2.23. The molecule has 2 N–H and O–H groups in total. The second-order valence-corrected chi connectivity index (χ2v) is 6.39. The van der Waals surface area contributed by atoms with Crippen molar-refractivity contribution in [3.05, 3.63) is 51.2 Å². The van der Waals surface area contributed by atoms with Crippen molar-refractivity contribution in [3.63, 3.8) is 0 Å². The molecule has 0 spiro atoms. The molecule has 0 radical (unpaired) electrons. The second kappa shape index (κ2) is 4.75. The number of hydrogen-bond donors (Lipinski definition) is 1. The van der Waals surface area contributed by atoms with Gasteiger partial charge in [0.15, 0.2) is 5.78 Å². The maximum Gasteiger partial charge on any atom is 0.182 e. The Labute approximate surface area is 115 Å². The SMILES string of the molecule is CC(C)(C(=O)c1ccc(Cl)s1)c1ccc(N)cc1. The third-order valence-corrected chi connectivity index (χ3v) is 4.23. The predicted octanol–water partition coefficient (Wildman–Crippen LogP) is 4.14. The number of nitrogen functional groups attached to an aromatic ring is 1. The monoisotopic (exact) mass is 279 g/mol. The van der Waals surface area contributed by atoms with Gasteiger partial charge in [0.2, 0.25) is 0 Å². The molecule has 0 amide bonds. The first-order chi connectivity index (χ1) is 8.41. The van der Waals surface area contributed by atoms with E-state index in [9.17, 15) is 4.79 Å². The Bertz CT molecular complexity index is 572. The van der Waals surface area contributed by atoms with Gasteiger partial charge in [-0.15, -0.1) is 11.3 Å². The van der Waals surface area contributed by atoms with Crippen LogP contribution in [0, 0.1) is 0 Å². The Kier molecular flexibility index (Phi) is 3.46. The van der Waals surface area contributed by atoms with Gasteiger partial charge in [0.1, 0.15) is 0 Å². The molecule has 1 aromatic heterocycles. The van der Waals surface area contributed by atoms with E-state index in [1.807, 2.05) is 38.1 Å². The summed E-state index contributed by atoms with van der Waals surface area (Å²) in [5, 5.41) is 0. The van der Waals surface area contributed by atoms with E-state index in [-0.39, 0.29) is 5.78 Å². The lowest BCUT2D eigenvalue weighted by molar-refractivity contribution is 0.0913. The highest BCUT2D eigenvalue weighted by molar-refractivity contribution is 7.18. The molecule has 94 valence electrons. The number of hydrogen-bond acceptors (Lipinski definition) is 3. The third kappa shape index (κ3) is 2.42. The normalized spacial score (nSPS) is 11.5. The molecule has 0 bridgehead atoms. The van der Waals surface area contributed by atoms with Crippen LogP contribution in [0.5, 0.6) is 0 Å². The topological polar surface area (TPSA) is 43.1 Å². The Morgan fingerprint density at radius 2 is 1.78 bits per heavy atom. The summed E-state index contributed by atoms with van der Waals surface area (Å²) in [6.45, 7) is 3.82. The van der Waals surface area contributed by atoms with Crippen LogP contribution in [-0.2, 0) is 5.41 Å². The van der Waals surface area contributed by atoms with Gasteiger partial charge in [0.25, 0.3) is 0 Å². The number of halogens is 1. The summed E-state index contributed by atoms with van der Waals surface area (Å²) in [5.74, 6) is 0.0733. The van der Waals surface area contributed by atoms with Gasteiger partial charge in [-0.05, 0) is 43.7 Å². The number of thiophene rings is 1. The fourth-order valence-electron chi connectivity index (χ4n) is 1.78. The zero-order valence-corrected chi connectivity index (χ0v) is 11.8. The maximum atomic E-state index is 12.5. The van der Waals surface area contributed by atoms with E-state index < -0.39 is 5.41 Å². The summed E-state index contributed by atoms with van der Waals surface area (Å²) >= 11 is 7.18. The zero-order valence-electron chi connectivity index (χ0n) is 10.2. The van der Waals surface area contributed by atoms with Crippen molar-refractivity contribution < 1.29 is 4.79 Å². The fraction of sp³-hybridized carbons (Fsp3) is 0.214. The lowest BCUT2D eigenvalue weighted by atomic mass is 9.80. The summed E-state index contributed by atoms with van der Waals surface area (Å²) in [4.78, 5) is 13.2.